The molecule has 5 nitrogen and oxygen atoms in total. The van der Waals surface area contributed by atoms with Crippen LogP contribution in [-0.2, 0) is 9.53 Å². The van der Waals surface area contributed by atoms with Gasteiger partial charge in [-0.2, -0.15) is 0 Å². The topological polar surface area (TPSA) is 61.8 Å². The second kappa shape index (κ2) is 8.63. The Morgan fingerprint density at radius 1 is 1.04 bits per heavy atom. The van der Waals surface area contributed by atoms with Crippen molar-refractivity contribution in [2.24, 2.45) is 0 Å². The minimum absolute atomic E-state index is 0.178. The molecule has 3 rings (SSSR count). The quantitative estimate of drug-likeness (QED) is 0.712. The fraction of sp³-hybridized carbons (Fsp3) is 0.947. The molecule has 2 N–H and O–H groups in total. The van der Waals surface area contributed by atoms with Crippen LogP contribution in [0.25, 0.3) is 0 Å². The summed E-state index contributed by atoms with van der Waals surface area (Å²) in [6.07, 6.45) is 13.3. The minimum atomic E-state index is -0.714. The molecule has 24 heavy (non-hydrogen) atoms. The first kappa shape index (κ1) is 18.2. The van der Waals surface area contributed by atoms with E-state index in [-0.39, 0.29) is 6.54 Å². The van der Waals surface area contributed by atoms with E-state index in [1.54, 1.807) is 0 Å². The van der Waals surface area contributed by atoms with Crippen molar-refractivity contribution < 1.29 is 14.6 Å². The van der Waals surface area contributed by atoms with Gasteiger partial charge in [-0.1, -0.05) is 19.8 Å². The van der Waals surface area contributed by atoms with E-state index in [1.807, 2.05) is 0 Å². The number of likely N-dealkylation sites (N-methyl/N-ethyl adjacent to an activating group) is 1. The lowest BCUT2D eigenvalue weighted by molar-refractivity contribution is -0.139. The molecule has 0 amide bonds. The number of nitrogens with zero attached hydrogens (tertiary/aromatic N) is 1. The Morgan fingerprint density at radius 2 is 1.67 bits per heavy atom. The van der Waals surface area contributed by atoms with E-state index >= 15 is 0 Å². The van der Waals surface area contributed by atoms with Gasteiger partial charge >= 0.3 is 5.97 Å². The number of nitrogens with one attached hydrogen (secondary N) is 1. The van der Waals surface area contributed by atoms with Gasteiger partial charge in [0.2, 0.25) is 0 Å². The average Bonchev–Trinajstić information content (AvgIpc) is 3.03. The summed E-state index contributed by atoms with van der Waals surface area (Å²) in [7, 11) is 0. The van der Waals surface area contributed by atoms with Crippen molar-refractivity contribution in [3.05, 3.63) is 0 Å². The Bertz CT molecular complexity index is 397. The monoisotopic (exact) mass is 338 g/mol. The maximum absolute atomic E-state index is 10.9. The summed E-state index contributed by atoms with van der Waals surface area (Å²) in [5.74, 6) is -0.714. The molecule has 3 aliphatic carbocycles. The average molecular weight is 338 g/mol. The van der Waals surface area contributed by atoms with Gasteiger partial charge in [-0.05, 0) is 57.9 Å². The van der Waals surface area contributed by atoms with Gasteiger partial charge in [0.25, 0.3) is 0 Å². The Labute approximate surface area is 146 Å². The Kier molecular flexibility index (Phi) is 6.53. The van der Waals surface area contributed by atoms with Gasteiger partial charge in [0.05, 0.1) is 18.8 Å². The molecule has 0 unspecified atom stereocenters. The third-order valence-corrected chi connectivity index (χ3v) is 6.21. The summed E-state index contributed by atoms with van der Waals surface area (Å²) in [4.78, 5) is 13.0. The summed E-state index contributed by atoms with van der Waals surface area (Å²) >= 11 is 0. The highest BCUT2D eigenvalue weighted by Crippen LogP contribution is 2.30. The SMILES string of the molecule is CCN(CC(=O)O)C1CC(NC2CCC(OC3CCCC3)CC2)C1. The summed E-state index contributed by atoms with van der Waals surface area (Å²) in [5, 5.41) is 12.8. The van der Waals surface area contributed by atoms with Crippen LogP contribution in [0, 0.1) is 0 Å². The first-order valence-electron chi connectivity index (χ1n) is 10.0. The first-order chi connectivity index (χ1) is 11.6. The molecule has 3 saturated carbocycles. The van der Waals surface area contributed by atoms with Crippen LogP contribution in [0.3, 0.4) is 0 Å². The maximum Gasteiger partial charge on any atom is 0.317 e. The van der Waals surface area contributed by atoms with Crippen molar-refractivity contribution >= 4 is 5.97 Å². The Hall–Kier alpha value is -0.650. The minimum Gasteiger partial charge on any atom is -0.480 e. The van der Waals surface area contributed by atoms with Crippen LogP contribution in [0.1, 0.15) is 71.1 Å². The molecule has 5 heteroatoms. The van der Waals surface area contributed by atoms with Crippen LogP contribution in [0.2, 0.25) is 0 Å². The van der Waals surface area contributed by atoms with Gasteiger partial charge in [-0.25, -0.2) is 0 Å². The maximum atomic E-state index is 10.9. The molecule has 0 spiro atoms. The predicted molar refractivity (Wildman–Crippen MR) is 94.2 cm³/mol. The molecule has 0 heterocycles. The molecule has 3 fully saturated rings. The number of rotatable bonds is 8. The highest BCUT2D eigenvalue weighted by Gasteiger charge is 2.35. The van der Waals surface area contributed by atoms with Crippen LogP contribution >= 0.6 is 0 Å². The van der Waals surface area contributed by atoms with Crippen LogP contribution in [0.15, 0.2) is 0 Å². The summed E-state index contributed by atoms with van der Waals surface area (Å²) < 4.78 is 6.26. The largest absolute Gasteiger partial charge is 0.480 e. The normalized spacial score (nSPS) is 34.4. The van der Waals surface area contributed by atoms with Crippen LogP contribution < -0.4 is 5.32 Å². The number of carboxylic acids is 1. The zero-order valence-electron chi connectivity index (χ0n) is 15.1. The standard InChI is InChI=1S/C19H34N2O3/c1-2-21(13-19(22)23)16-11-15(12-16)20-14-7-9-18(10-8-14)24-17-5-3-4-6-17/h14-18,20H,2-13H2,1H3,(H,22,23). The van der Waals surface area contributed by atoms with Crippen LogP contribution in [0.4, 0.5) is 0 Å². The molecule has 0 aliphatic heterocycles. The van der Waals surface area contributed by atoms with Crippen LogP contribution in [0.5, 0.6) is 0 Å². The van der Waals surface area contributed by atoms with Gasteiger partial charge in [-0.15, -0.1) is 0 Å². The number of hydrogen-bond acceptors (Lipinski definition) is 4. The summed E-state index contributed by atoms with van der Waals surface area (Å²) in [6.45, 7) is 3.06. The van der Waals surface area contributed by atoms with E-state index in [1.165, 1.54) is 51.4 Å². The van der Waals surface area contributed by atoms with Crippen molar-refractivity contribution in [1.82, 2.24) is 10.2 Å². The van der Waals surface area contributed by atoms with Crippen molar-refractivity contribution in [2.75, 3.05) is 13.1 Å². The lowest BCUT2D eigenvalue weighted by Gasteiger charge is -2.44. The van der Waals surface area contributed by atoms with E-state index in [2.05, 4.69) is 17.1 Å². The summed E-state index contributed by atoms with van der Waals surface area (Å²) in [6, 6.07) is 1.66. The van der Waals surface area contributed by atoms with E-state index in [9.17, 15) is 4.79 Å². The highest BCUT2D eigenvalue weighted by molar-refractivity contribution is 5.69. The Morgan fingerprint density at radius 3 is 2.25 bits per heavy atom. The molecular weight excluding hydrogens is 304 g/mol. The van der Waals surface area contributed by atoms with Crippen molar-refractivity contribution in [3.8, 4) is 0 Å². The molecular formula is C19H34N2O3. The Balaban J connectivity index is 1.30. The van der Waals surface area contributed by atoms with E-state index < -0.39 is 5.97 Å². The number of carbonyl (C=O) groups is 1. The molecule has 0 atom stereocenters. The van der Waals surface area contributed by atoms with Gasteiger partial charge < -0.3 is 15.2 Å². The molecule has 0 bridgehead atoms. The fourth-order valence-corrected chi connectivity index (χ4v) is 4.69. The van der Waals surface area contributed by atoms with Gasteiger partial charge in [0.1, 0.15) is 0 Å². The molecule has 138 valence electrons. The molecule has 0 aromatic rings. The predicted octanol–water partition coefficient (Wildman–Crippen LogP) is 2.78. The number of hydrogen-bond donors (Lipinski definition) is 2. The number of carboxylic acid groups (broad SMARTS) is 1. The second-order valence-electron chi connectivity index (χ2n) is 7.96. The zero-order chi connectivity index (χ0) is 16.9. The third-order valence-electron chi connectivity index (χ3n) is 6.21. The number of ether oxygens (including phenoxy) is 1. The van der Waals surface area contributed by atoms with Crippen molar-refractivity contribution in [3.63, 3.8) is 0 Å². The molecule has 0 radical (unpaired) electrons. The van der Waals surface area contributed by atoms with Gasteiger partial charge in [0.15, 0.2) is 0 Å². The van der Waals surface area contributed by atoms with Crippen LogP contribution in [-0.4, -0.2) is 59.4 Å². The van der Waals surface area contributed by atoms with Gasteiger partial charge in [-0.3, -0.25) is 9.69 Å². The lowest BCUT2D eigenvalue weighted by atomic mass is 9.83. The lowest BCUT2D eigenvalue weighted by Crippen LogP contribution is -2.56. The molecule has 0 aromatic carbocycles. The molecule has 3 aliphatic rings. The smallest absolute Gasteiger partial charge is 0.317 e. The van der Waals surface area contributed by atoms with E-state index in [4.69, 9.17) is 9.84 Å². The van der Waals surface area contributed by atoms with Crippen molar-refractivity contribution in [2.45, 2.75) is 101 Å². The second-order valence-corrected chi connectivity index (χ2v) is 7.96. The first-order valence-corrected chi connectivity index (χ1v) is 10.0. The van der Waals surface area contributed by atoms with E-state index in [0.29, 0.717) is 30.3 Å². The van der Waals surface area contributed by atoms with Crippen molar-refractivity contribution in [1.29, 1.82) is 0 Å². The zero-order valence-corrected chi connectivity index (χ0v) is 15.1. The number of aliphatic carboxylic acids is 1. The van der Waals surface area contributed by atoms with Gasteiger partial charge in [0, 0.05) is 18.1 Å². The fourth-order valence-electron chi connectivity index (χ4n) is 4.69. The highest BCUT2D eigenvalue weighted by atomic mass is 16.5. The summed E-state index contributed by atoms with van der Waals surface area (Å²) in [5.41, 5.74) is 0. The molecule has 0 aromatic heterocycles. The van der Waals surface area contributed by atoms with E-state index in [0.717, 1.165) is 19.4 Å². The third kappa shape index (κ3) is 4.93. The molecule has 0 saturated heterocycles.